The zero-order valence-corrected chi connectivity index (χ0v) is 8.09. The normalized spacial score (nSPS) is 10.6. The first-order chi connectivity index (χ1) is 6.61. The lowest BCUT2D eigenvalue weighted by molar-refractivity contribution is 0.159. The van der Waals surface area contributed by atoms with E-state index >= 15 is 0 Å². The molecule has 78 valence electrons. The van der Waals surface area contributed by atoms with Crippen molar-refractivity contribution in [3.05, 3.63) is 29.1 Å². The van der Waals surface area contributed by atoms with E-state index in [1.165, 1.54) is 6.26 Å². The summed E-state index contributed by atoms with van der Waals surface area (Å²) in [6.07, 6.45) is 1.45. The van der Waals surface area contributed by atoms with Gasteiger partial charge in [-0.1, -0.05) is 0 Å². The van der Waals surface area contributed by atoms with E-state index in [9.17, 15) is 13.2 Å². The summed E-state index contributed by atoms with van der Waals surface area (Å²) in [7, 11) is 0. The molecule has 0 aliphatic heterocycles. The predicted octanol–water partition coefficient (Wildman–Crippen LogP) is 2.30. The van der Waals surface area contributed by atoms with Crippen molar-refractivity contribution in [2.75, 3.05) is 6.26 Å². The van der Waals surface area contributed by atoms with Gasteiger partial charge in [0.25, 0.3) is 0 Å². The van der Waals surface area contributed by atoms with Gasteiger partial charge in [0, 0.05) is 12.1 Å². The number of halogens is 3. The van der Waals surface area contributed by atoms with Gasteiger partial charge in [-0.3, -0.25) is 0 Å². The Balaban J connectivity index is 3.25. The Morgan fingerprint density at radius 3 is 2.50 bits per heavy atom. The molecule has 0 aliphatic rings. The van der Waals surface area contributed by atoms with Crippen LogP contribution in [0.5, 0.6) is 0 Å². The fourth-order valence-corrected chi connectivity index (χ4v) is 1.55. The van der Waals surface area contributed by atoms with E-state index in [0.717, 1.165) is 17.8 Å². The van der Waals surface area contributed by atoms with Crippen molar-refractivity contribution < 1.29 is 18.4 Å². The minimum absolute atomic E-state index is 0.250. The maximum absolute atomic E-state index is 13.1. The summed E-state index contributed by atoms with van der Waals surface area (Å²) in [5, 5.41) is 8.29. The lowest BCUT2D eigenvalue weighted by atomic mass is 10.2. The summed E-state index contributed by atoms with van der Waals surface area (Å²) >= 11 is 0.790. The van der Waals surface area contributed by atoms with Crippen molar-refractivity contribution in [3.8, 4) is 0 Å². The molecule has 14 heavy (non-hydrogen) atoms. The maximum atomic E-state index is 13.1. The monoisotopic (exact) mass is 223 g/mol. The smallest absolute Gasteiger partial charge is 0.175 e. The van der Waals surface area contributed by atoms with Crippen LogP contribution in [0, 0.1) is 17.5 Å². The molecule has 2 N–H and O–H groups in total. The highest BCUT2D eigenvalue weighted by Crippen LogP contribution is 2.27. The highest BCUT2D eigenvalue weighted by atomic mass is 32.2. The molecule has 0 atom stereocenters. The van der Waals surface area contributed by atoms with Crippen LogP contribution in [0.1, 0.15) is 5.56 Å². The number of rotatable bonds is 3. The molecular weight excluding hydrogens is 215 g/mol. The Kier molecular flexibility index (Phi) is 3.79. The van der Waals surface area contributed by atoms with Crippen LogP contribution in [-0.2, 0) is 6.54 Å². The summed E-state index contributed by atoms with van der Waals surface area (Å²) in [5.74, 6) is -3.19. The van der Waals surface area contributed by atoms with Crippen LogP contribution >= 0.6 is 11.8 Å². The number of hydrogen-bond donors (Lipinski definition) is 2. The third-order valence-corrected chi connectivity index (χ3v) is 2.45. The van der Waals surface area contributed by atoms with E-state index in [1.54, 1.807) is 5.48 Å². The molecule has 1 aromatic rings. The molecule has 0 spiro atoms. The minimum atomic E-state index is -1.22. The Morgan fingerprint density at radius 1 is 1.36 bits per heavy atom. The third kappa shape index (κ3) is 2.02. The number of hydroxylamine groups is 1. The molecule has 0 saturated heterocycles. The van der Waals surface area contributed by atoms with Crippen LogP contribution in [0.15, 0.2) is 11.0 Å². The zero-order valence-electron chi connectivity index (χ0n) is 7.27. The molecule has 0 saturated carbocycles. The molecule has 0 amide bonds. The van der Waals surface area contributed by atoms with E-state index in [0.29, 0.717) is 0 Å². The molecule has 0 unspecified atom stereocenters. The van der Waals surface area contributed by atoms with Crippen LogP contribution in [0.25, 0.3) is 0 Å². The molecule has 2 nitrogen and oxygen atoms in total. The second-order valence-corrected chi connectivity index (χ2v) is 3.33. The molecule has 0 heterocycles. The molecule has 1 aromatic carbocycles. The zero-order chi connectivity index (χ0) is 10.7. The Morgan fingerprint density at radius 2 is 2.00 bits per heavy atom. The van der Waals surface area contributed by atoms with Gasteiger partial charge in [0.2, 0.25) is 0 Å². The minimum Gasteiger partial charge on any atom is -0.316 e. The van der Waals surface area contributed by atoms with E-state index < -0.39 is 17.5 Å². The fourth-order valence-electron chi connectivity index (χ4n) is 1.03. The van der Waals surface area contributed by atoms with E-state index in [2.05, 4.69) is 0 Å². The quantitative estimate of drug-likeness (QED) is 0.468. The average Bonchev–Trinajstić information content (AvgIpc) is 2.15. The molecular formula is C8H8F3NOS. The Hall–Kier alpha value is -0.720. The van der Waals surface area contributed by atoms with Gasteiger partial charge in [0.05, 0.1) is 4.90 Å². The van der Waals surface area contributed by atoms with Gasteiger partial charge >= 0.3 is 0 Å². The van der Waals surface area contributed by atoms with Gasteiger partial charge in [-0.25, -0.2) is 18.7 Å². The van der Waals surface area contributed by atoms with Crippen LogP contribution in [0.2, 0.25) is 0 Å². The van der Waals surface area contributed by atoms with Gasteiger partial charge < -0.3 is 5.21 Å². The third-order valence-electron chi connectivity index (χ3n) is 1.67. The van der Waals surface area contributed by atoms with Gasteiger partial charge in [0.1, 0.15) is 5.82 Å². The highest BCUT2D eigenvalue weighted by molar-refractivity contribution is 7.98. The summed E-state index contributed by atoms with van der Waals surface area (Å²) in [4.78, 5) is -0.357. The molecule has 0 aromatic heterocycles. The van der Waals surface area contributed by atoms with Gasteiger partial charge in [-0.05, 0) is 12.3 Å². The maximum Gasteiger partial charge on any atom is 0.175 e. The van der Waals surface area contributed by atoms with Crippen LogP contribution in [-0.4, -0.2) is 11.5 Å². The van der Waals surface area contributed by atoms with E-state index in [-0.39, 0.29) is 17.0 Å². The van der Waals surface area contributed by atoms with Crippen molar-refractivity contribution in [3.63, 3.8) is 0 Å². The van der Waals surface area contributed by atoms with Crippen molar-refractivity contribution in [1.29, 1.82) is 0 Å². The Labute approximate surface area is 83.1 Å². The predicted molar refractivity (Wildman–Crippen MR) is 46.7 cm³/mol. The number of benzene rings is 1. The average molecular weight is 223 g/mol. The van der Waals surface area contributed by atoms with E-state index in [1.807, 2.05) is 0 Å². The number of thioether (sulfide) groups is 1. The van der Waals surface area contributed by atoms with Gasteiger partial charge in [0.15, 0.2) is 11.6 Å². The standard InChI is InChI=1S/C8H8F3NOS/c1-14-8-5(9)2-4(3-12-13)6(10)7(8)11/h2,12-13H,3H2,1H3. The van der Waals surface area contributed by atoms with Gasteiger partial charge in [-0.2, -0.15) is 0 Å². The molecule has 0 bridgehead atoms. The molecule has 0 aliphatic carbocycles. The first-order valence-electron chi connectivity index (χ1n) is 3.69. The SMILES string of the molecule is CSc1c(F)cc(CNO)c(F)c1F. The van der Waals surface area contributed by atoms with Crippen LogP contribution in [0.4, 0.5) is 13.2 Å². The van der Waals surface area contributed by atoms with Crippen LogP contribution in [0.3, 0.4) is 0 Å². The van der Waals surface area contributed by atoms with Gasteiger partial charge in [-0.15, -0.1) is 11.8 Å². The van der Waals surface area contributed by atoms with E-state index in [4.69, 9.17) is 5.21 Å². The molecule has 0 fully saturated rings. The van der Waals surface area contributed by atoms with Crippen molar-refractivity contribution in [1.82, 2.24) is 5.48 Å². The van der Waals surface area contributed by atoms with Crippen molar-refractivity contribution in [2.24, 2.45) is 0 Å². The topological polar surface area (TPSA) is 32.3 Å². The highest BCUT2D eigenvalue weighted by Gasteiger charge is 2.17. The number of hydrogen-bond acceptors (Lipinski definition) is 3. The fraction of sp³-hybridized carbons (Fsp3) is 0.250. The largest absolute Gasteiger partial charge is 0.316 e. The summed E-state index contributed by atoms with van der Waals surface area (Å²) < 4.78 is 39.3. The first-order valence-corrected chi connectivity index (χ1v) is 4.91. The summed E-state index contributed by atoms with van der Waals surface area (Å²) in [5.41, 5.74) is 1.39. The van der Waals surface area contributed by atoms with Crippen LogP contribution < -0.4 is 5.48 Å². The Bertz CT molecular complexity index is 346. The lowest BCUT2D eigenvalue weighted by Gasteiger charge is -2.07. The lowest BCUT2D eigenvalue weighted by Crippen LogP contribution is -2.10. The molecule has 0 radical (unpaired) electrons. The second kappa shape index (κ2) is 4.68. The van der Waals surface area contributed by atoms with Crippen molar-refractivity contribution in [2.45, 2.75) is 11.4 Å². The number of nitrogens with one attached hydrogen (secondary N) is 1. The summed E-state index contributed by atoms with van der Waals surface area (Å²) in [6.45, 7) is -0.339. The molecule has 6 heteroatoms. The second-order valence-electron chi connectivity index (χ2n) is 2.51. The first kappa shape index (κ1) is 11.4. The summed E-state index contributed by atoms with van der Waals surface area (Å²) in [6, 6.07) is 0.855. The molecule has 1 rings (SSSR count). The van der Waals surface area contributed by atoms with Crippen molar-refractivity contribution >= 4 is 11.8 Å².